The van der Waals surface area contributed by atoms with Gasteiger partial charge in [0, 0.05) is 17.2 Å². The van der Waals surface area contributed by atoms with E-state index in [1.54, 1.807) is 0 Å². The van der Waals surface area contributed by atoms with Gasteiger partial charge in [0.25, 0.3) is 0 Å². The number of aliphatic imine (C=N–C) groups is 1. The van der Waals surface area contributed by atoms with Crippen LogP contribution in [0.4, 0.5) is 5.69 Å². The molecule has 0 radical (unpaired) electrons. The summed E-state index contributed by atoms with van der Waals surface area (Å²) in [5.74, 6) is 1.09. The van der Waals surface area contributed by atoms with Gasteiger partial charge in [0.1, 0.15) is 0 Å². The predicted molar refractivity (Wildman–Crippen MR) is 74.7 cm³/mol. The molecule has 4 nitrogen and oxygen atoms in total. The second kappa shape index (κ2) is 3.22. The fourth-order valence-electron chi connectivity index (χ4n) is 3.00. The first-order valence-corrected chi connectivity index (χ1v) is 6.39. The number of phenolic OH excluding ortho intramolecular Hbond substituents is 1. The topological polar surface area (TPSA) is 51.1 Å². The highest BCUT2D eigenvalue weighted by atomic mass is 16.7. The van der Waals surface area contributed by atoms with Gasteiger partial charge in [0.15, 0.2) is 11.5 Å². The minimum absolute atomic E-state index is 0.118. The molecule has 0 amide bonds. The Morgan fingerprint density at radius 1 is 1.15 bits per heavy atom. The largest absolute Gasteiger partial charge is 0.504 e. The van der Waals surface area contributed by atoms with Crippen molar-refractivity contribution in [1.29, 1.82) is 0 Å². The molecule has 0 unspecified atom stereocenters. The summed E-state index contributed by atoms with van der Waals surface area (Å²) in [5.41, 5.74) is 5.57. The SMILES string of the molecule is Oc1c2c(cc3c1C1=Cc4ccccc4C1=N3)OCO2. The average Bonchev–Trinajstić information content (AvgIpc) is 3.11. The molecule has 0 atom stereocenters. The molecule has 2 aromatic rings. The van der Waals surface area contributed by atoms with E-state index < -0.39 is 0 Å². The van der Waals surface area contributed by atoms with Gasteiger partial charge in [-0.1, -0.05) is 24.3 Å². The maximum Gasteiger partial charge on any atom is 0.231 e. The Bertz CT molecular complexity index is 849. The van der Waals surface area contributed by atoms with Crippen molar-refractivity contribution >= 4 is 23.0 Å². The first-order valence-electron chi connectivity index (χ1n) is 6.39. The predicted octanol–water partition coefficient (Wildman–Crippen LogP) is 3.11. The first kappa shape index (κ1) is 10.1. The van der Waals surface area contributed by atoms with Crippen LogP contribution in [-0.4, -0.2) is 17.6 Å². The summed E-state index contributed by atoms with van der Waals surface area (Å²) in [7, 11) is 0. The Hall–Kier alpha value is -2.75. The fraction of sp³-hybridized carbons (Fsp3) is 0.0625. The maximum atomic E-state index is 10.4. The van der Waals surface area contributed by atoms with Gasteiger partial charge in [-0.2, -0.15) is 0 Å². The number of fused-ring (bicyclic) bond motifs is 6. The Kier molecular flexibility index (Phi) is 1.62. The van der Waals surface area contributed by atoms with Crippen molar-refractivity contribution in [2.45, 2.75) is 0 Å². The van der Waals surface area contributed by atoms with E-state index in [-0.39, 0.29) is 12.5 Å². The van der Waals surface area contributed by atoms with Crippen molar-refractivity contribution in [1.82, 2.24) is 0 Å². The molecule has 0 saturated heterocycles. The van der Waals surface area contributed by atoms with Crippen LogP contribution in [0.25, 0.3) is 11.6 Å². The van der Waals surface area contributed by atoms with E-state index in [0.29, 0.717) is 11.5 Å². The third-order valence-corrected chi connectivity index (χ3v) is 3.89. The highest BCUT2D eigenvalue weighted by Gasteiger charge is 2.34. The van der Waals surface area contributed by atoms with Crippen molar-refractivity contribution in [3.05, 3.63) is 47.0 Å². The van der Waals surface area contributed by atoms with Gasteiger partial charge in [0.2, 0.25) is 12.5 Å². The lowest BCUT2D eigenvalue weighted by Crippen LogP contribution is -1.95. The summed E-state index contributed by atoms with van der Waals surface area (Å²) in [4.78, 5) is 4.65. The van der Waals surface area contributed by atoms with Gasteiger partial charge in [-0.25, -0.2) is 4.99 Å². The summed E-state index contributed by atoms with van der Waals surface area (Å²) in [6.45, 7) is 0.141. The minimum atomic E-state index is 0.118. The molecule has 0 saturated carbocycles. The molecule has 0 spiro atoms. The molecule has 5 rings (SSSR count). The second-order valence-electron chi connectivity index (χ2n) is 4.96. The van der Waals surface area contributed by atoms with Gasteiger partial charge in [-0.05, 0) is 11.6 Å². The number of rotatable bonds is 0. The van der Waals surface area contributed by atoms with Crippen LogP contribution in [0, 0.1) is 0 Å². The van der Waals surface area contributed by atoms with E-state index >= 15 is 0 Å². The zero-order valence-corrected chi connectivity index (χ0v) is 10.4. The fourth-order valence-corrected chi connectivity index (χ4v) is 3.00. The van der Waals surface area contributed by atoms with Crippen LogP contribution >= 0.6 is 0 Å². The van der Waals surface area contributed by atoms with Gasteiger partial charge in [-0.15, -0.1) is 0 Å². The molecule has 0 fully saturated rings. The second-order valence-corrected chi connectivity index (χ2v) is 4.96. The molecule has 3 aliphatic rings. The number of benzene rings is 2. The number of ether oxygens (including phenoxy) is 2. The quantitative estimate of drug-likeness (QED) is 0.794. The van der Waals surface area contributed by atoms with Crippen LogP contribution in [0.15, 0.2) is 35.3 Å². The molecule has 2 aliphatic heterocycles. The molecule has 20 heavy (non-hydrogen) atoms. The molecule has 1 aliphatic carbocycles. The number of allylic oxidation sites excluding steroid dienone is 1. The highest BCUT2D eigenvalue weighted by molar-refractivity contribution is 6.43. The summed E-state index contributed by atoms with van der Waals surface area (Å²) in [6.07, 6.45) is 2.06. The Morgan fingerprint density at radius 3 is 3.00 bits per heavy atom. The van der Waals surface area contributed by atoms with E-state index in [1.165, 1.54) is 0 Å². The van der Waals surface area contributed by atoms with Gasteiger partial charge >= 0.3 is 0 Å². The van der Waals surface area contributed by atoms with E-state index in [1.807, 2.05) is 30.3 Å². The van der Waals surface area contributed by atoms with Crippen molar-refractivity contribution in [2.75, 3.05) is 6.79 Å². The number of hydrogen-bond acceptors (Lipinski definition) is 4. The average molecular weight is 263 g/mol. The normalized spacial score (nSPS) is 16.4. The van der Waals surface area contributed by atoms with Crippen LogP contribution in [-0.2, 0) is 0 Å². The molecule has 0 aromatic heterocycles. The van der Waals surface area contributed by atoms with Crippen LogP contribution in [0.3, 0.4) is 0 Å². The molecule has 96 valence electrons. The lowest BCUT2D eigenvalue weighted by molar-refractivity contribution is 0.171. The van der Waals surface area contributed by atoms with Crippen molar-refractivity contribution < 1.29 is 14.6 Å². The molecular weight excluding hydrogens is 254 g/mol. The third kappa shape index (κ3) is 1.05. The zero-order chi connectivity index (χ0) is 13.3. The molecule has 0 bridgehead atoms. The summed E-state index contributed by atoms with van der Waals surface area (Å²) in [6, 6.07) is 9.91. The van der Waals surface area contributed by atoms with E-state index in [9.17, 15) is 5.11 Å². The summed E-state index contributed by atoms with van der Waals surface area (Å²) < 4.78 is 10.7. The molecule has 1 N–H and O–H groups in total. The molecular formula is C16H9NO3. The summed E-state index contributed by atoms with van der Waals surface area (Å²) >= 11 is 0. The van der Waals surface area contributed by atoms with E-state index in [2.05, 4.69) is 11.1 Å². The Morgan fingerprint density at radius 2 is 2.05 bits per heavy atom. The zero-order valence-electron chi connectivity index (χ0n) is 10.4. The number of aromatic hydroxyl groups is 1. The lowest BCUT2D eigenvalue weighted by atomic mass is 10.0. The smallest absolute Gasteiger partial charge is 0.231 e. The van der Waals surface area contributed by atoms with E-state index in [4.69, 9.17) is 9.47 Å². The number of hydrogen-bond donors (Lipinski definition) is 1. The van der Waals surface area contributed by atoms with Crippen LogP contribution < -0.4 is 9.47 Å². The van der Waals surface area contributed by atoms with Crippen molar-refractivity contribution in [3.63, 3.8) is 0 Å². The maximum absolute atomic E-state index is 10.4. The van der Waals surface area contributed by atoms with E-state index in [0.717, 1.165) is 33.7 Å². The number of nitrogens with zero attached hydrogens (tertiary/aromatic N) is 1. The van der Waals surface area contributed by atoms with Crippen LogP contribution in [0.2, 0.25) is 0 Å². The minimum Gasteiger partial charge on any atom is -0.504 e. The van der Waals surface area contributed by atoms with Crippen LogP contribution in [0.1, 0.15) is 16.7 Å². The van der Waals surface area contributed by atoms with Gasteiger partial charge in [0.05, 0.1) is 17.0 Å². The summed E-state index contributed by atoms with van der Waals surface area (Å²) in [5, 5.41) is 10.4. The molecule has 2 heterocycles. The van der Waals surface area contributed by atoms with Crippen molar-refractivity contribution in [2.24, 2.45) is 4.99 Å². The highest BCUT2D eigenvalue weighted by Crippen LogP contribution is 2.54. The monoisotopic (exact) mass is 263 g/mol. The third-order valence-electron chi connectivity index (χ3n) is 3.89. The van der Waals surface area contributed by atoms with Gasteiger partial charge in [-0.3, -0.25) is 0 Å². The molecule has 4 heteroatoms. The van der Waals surface area contributed by atoms with Crippen LogP contribution in [0.5, 0.6) is 17.2 Å². The molecule has 2 aromatic carbocycles. The number of phenols is 1. The first-order chi connectivity index (χ1) is 9.83. The lowest BCUT2D eigenvalue weighted by Gasteiger charge is -2.06. The van der Waals surface area contributed by atoms with Gasteiger partial charge < -0.3 is 14.6 Å². The Labute approximate surface area is 114 Å². The Balaban J connectivity index is 1.80. The van der Waals surface area contributed by atoms with Crippen molar-refractivity contribution in [3.8, 4) is 17.2 Å². The standard InChI is InChI=1S/C16H9NO3/c18-15-13-10-5-8-3-1-2-4-9(8)14(10)17-11(13)6-12-16(15)20-7-19-12/h1-6,18H,7H2.